The minimum Gasteiger partial charge on any atom is -0.441 e. The van der Waals surface area contributed by atoms with Crippen molar-refractivity contribution in [3.63, 3.8) is 0 Å². The van der Waals surface area contributed by atoms with Gasteiger partial charge in [0.25, 0.3) is 6.43 Å². The molecule has 0 spiro atoms. The van der Waals surface area contributed by atoms with Crippen LogP contribution in [-0.2, 0) is 0 Å². The van der Waals surface area contributed by atoms with Gasteiger partial charge in [0.15, 0.2) is 17.5 Å². The molecular formula is C21H24F2N6O2. The first kappa shape index (κ1) is 21.1. The third-order valence-electron chi connectivity index (χ3n) is 5.53. The Balaban J connectivity index is 1.41. The molecule has 2 aromatic heterocycles. The quantitative estimate of drug-likeness (QED) is 0.663. The number of amides is 2. The van der Waals surface area contributed by atoms with Crippen LogP contribution in [0.15, 0.2) is 34.9 Å². The van der Waals surface area contributed by atoms with Crippen LogP contribution in [0, 0.1) is 6.92 Å². The van der Waals surface area contributed by atoms with E-state index in [-0.39, 0.29) is 18.6 Å². The van der Waals surface area contributed by atoms with Crippen LogP contribution in [0.1, 0.15) is 18.7 Å². The Kier molecular flexibility index (Phi) is 6.08. The molecule has 1 fully saturated rings. The standard InChI is InChI=1S/C21H24F2N6O2/c1-13-24-11-18(31-13)14-3-4-17-15(9-14)10-20(27-26-17)25-21(30)29-7-5-16(6-8-29)28(2)12-19(22)23/h3-4,9-11,16,19H,5-8,12H2,1-2H3,(H,25,27,30). The van der Waals surface area contributed by atoms with Crippen LogP contribution in [0.2, 0.25) is 0 Å². The lowest BCUT2D eigenvalue weighted by Gasteiger charge is -2.36. The number of nitrogens with one attached hydrogen (secondary N) is 1. The second-order valence-corrected chi connectivity index (χ2v) is 7.73. The molecular weight excluding hydrogens is 406 g/mol. The van der Waals surface area contributed by atoms with Crippen molar-refractivity contribution in [1.82, 2.24) is 25.0 Å². The van der Waals surface area contributed by atoms with E-state index in [1.54, 1.807) is 36.0 Å². The van der Waals surface area contributed by atoms with Crippen LogP contribution in [0.5, 0.6) is 0 Å². The Labute approximate surface area is 178 Å². The number of likely N-dealkylation sites (tertiary alicyclic amines) is 1. The van der Waals surface area contributed by atoms with E-state index in [9.17, 15) is 13.6 Å². The summed E-state index contributed by atoms with van der Waals surface area (Å²) in [5.41, 5.74) is 1.55. The highest BCUT2D eigenvalue weighted by Crippen LogP contribution is 2.25. The Bertz CT molecular complexity index is 1060. The summed E-state index contributed by atoms with van der Waals surface area (Å²) in [5, 5.41) is 11.9. The summed E-state index contributed by atoms with van der Waals surface area (Å²) in [7, 11) is 1.70. The first-order valence-corrected chi connectivity index (χ1v) is 10.1. The minimum absolute atomic E-state index is 0.0525. The zero-order valence-electron chi connectivity index (χ0n) is 17.4. The molecule has 1 aliphatic rings. The van der Waals surface area contributed by atoms with E-state index in [1.807, 2.05) is 18.2 Å². The molecule has 3 heterocycles. The fraction of sp³-hybridized carbons (Fsp3) is 0.429. The van der Waals surface area contributed by atoms with Crippen molar-refractivity contribution in [2.24, 2.45) is 0 Å². The molecule has 0 aliphatic carbocycles. The first-order valence-electron chi connectivity index (χ1n) is 10.1. The molecule has 1 saturated heterocycles. The van der Waals surface area contributed by atoms with Gasteiger partial charge in [-0.25, -0.2) is 18.6 Å². The number of carbonyl (C=O) groups excluding carboxylic acids is 1. The molecule has 0 saturated carbocycles. The van der Waals surface area contributed by atoms with E-state index in [4.69, 9.17) is 4.42 Å². The summed E-state index contributed by atoms with van der Waals surface area (Å²) in [4.78, 5) is 20.1. The molecule has 8 nitrogen and oxygen atoms in total. The molecule has 3 aromatic rings. The van der Waals surface area contributed by atoms with Crippen LogP contribution in [0.25, 0.3) is 22.2 Å². The van der Waals surface area contributed by atoms with Gasteiger partial charge >= 0.3 is 6.03 Å². The summed E-state index contributed by atoms with van der Waals surface area (Å²) in [6.07, 6.45) is 0.613. The molecule has 0 bridgehead atoms. The number of rotatable bonds is 5. The van der Waals surface area contributed by atoms with Crippen molar-refractivity contribution in [2.45, 2.75) is 32.2 Å². The van der Waals surface area contributed by atoms with Crippen LogP contribution >= 0.6 is 0 Å². The van der Waals surface area contributed by atoms with Crippen molar-refractivity contribution in [3.05, 3.63) is 36.4 Å². The maximum atomic E-state index is 12.6. The lowest BCUT2D eigenvalue weighted by Crippen LogP contribution is -2.47. The highest BCUT2D eigenvalue weighted by molar-refractivity contribution is 5.91. The third kappa shape index (κ3) is 4.96. The number of halogens is 2. The zero-order chi connectivity index (χ0) is 22.0. The fourth-order valence-corrected chi connectivity index (χ4v) is 3.82. The molecule has 0 radical (unpaired) electrons. The van der Waals surface area contributed by atoms with Gasteiger partial charge in [-0.15, -0.1) is 10.2 Å². The first-order chi connectivity index (χ1) is 14.9. The van der Waals surface area contributed by atoms with E-state index in [2.05, 4.69) is 20.5 Å². The van der Waals surface area contributed by atoms with E-state index in [0.29, 0.717) is 48.9 Å². The van der Waals surface area contributed by atoms with E-state index in [1.165, 1.54) is 0 Å². The number of aromatic nitrogens is 3. The van der Waals surface area contributed by atoms with E-state index in [0.717, 1.165) is 10.9 Å². The summed E-state index contributed by atoms with van der Waals surface area (Å²) in [5.74, 6) is 1.59. The van der Waals surface area contributed by atoms with Crippen LogP contribution in [0.4, 0.5) is 19.4 Å². The average Bonchev–Trinajstić information content (AvgIpc) is 3.19. The highest BCUT2D eigenvalue weighted by atomic mass is 19.3. The molecule has 2 amide bonds. The average molecular weight is 430 g/mol. The van der Waals surface area contributed by atoms with Gasteiger partial charge in [0.1, 0.15) is 0 Å². The molecule has 1 aliphatic heterocycles. The van der Waals surface area contributed by atoms with Gasteiger partial charge in [-0.3, -0.25) is 10.2 Å². The van der Waals surface area contributed by atoms with Crippen molar-refractivity contribution < 1.29 is 18.0 Å². The highest BCUT2D eigenvalue weighted by Gasteiger charge is 2.26. The second kappa shape index (κ2) is 8.93. The lowest BCUT2D eigenvalue weighted by atomic mass is 10.0. The van der Waals surface area contributed by atoms with Gasteiger partial charge in [0.05, 0.1) is 18.3 Å². The molecule has 31 heavy (non-hydrogen) atoms. The van der Waals surface area contributed by atoms with Crippen molar-refractivity contribution in [3.8, 4) is 11.3 Å². The predicted molar refractivity (Wildman–Crippen MR) is 112 cm³/mol. The normalized spacial score (nSPS) is 15.2. The maximum absolute atomic E-state index is 12.6. The smallest absolute Gasteiger partial charge is 0.323 e. The Morgan fingerprint density at radius 3 is 2.74 bits per heavy atom. The molecule has 164 valence electrons. The summed E-state index contributed by atoms with van der Waals surface area (Å²) in [6.45, 7) is 2.53. The zero-order valence-corrected chi connectivity index (χ0v) is 17.4. The topological polar surface area (TPSA) is 87.4 Å². The van der Waals surface area contributed by atoms with Gasteiger partial charge < -0.3 is 9.32 Å². The second-order valence-electron chi connectivity index (χ2n) is 7.73. The number of hydrogen-bond acceptors (Lipinski definition) is 6. The number of carbonyl (C=O) groups is 1. The van der Waals surface area contributed by atoms with Crippen molar-refractivity contribution >= 4 is 22.8 Å². The van der Waals surface area contributed by atoms with Gasteiger partial charge in [-0.1, -0.05) is 0 Å². The molecule has 4 rings (SSSR count). The van der Waals surface area contributed by atoms with Crippen LogP contribution in [0.3, 0.4) is 0 Å². The molecule has 10 heteroatoms. The van der Waals surface area contributed by atoms with Gasteiger partial charge in [-0.05, 0) is 44.2 Å². The lowest BCUT2D eigenvalue weighted by molar-refractivity contribution is 0.0628. The summed E-state index contributed by atoms with van der Waals surface area (Å²) in [6, 6.07) is 7.16. The van der Waals surface area contributed by atoms with Gasteiger partial charge in [-0.2, -0.15) is 0 Å². The minimum atomic E-state index is -2.36. The van der Waals surface area contributed by atoms with Gasteiger partial charge in [0.2, 0.25) is 0 Å². The number of oxazole rings is 1. The number of urea groups is 1. The van der Waals surface area contributed by atoms with Crippen LogP contribution < -0.4 is 5.32 Å². The number of aryl methyl sites for hydroxylation is 1. The van der Waals surface area contributed by atoms with Crippen LogP contribution in [-0.4, -0.2) is 70.2 Å². The molecule has 0 unspecified atom stereocenters. The Hall–Kier alpha value is -3.14. The Morgan fingerprint density at radius 1 is 1.29 bits per heavy atom. The maximum Gasteiger partial charge on any atom is 0.323 e. The number of benzene rings is 1. The largest absolute Gasteiger partial charge is 0.441 e. The summed E-state index contributed by atoms with van der Waals surface area (Å²) < 4.78 is 30.7. The number of hydrogen-bond donors (Lipinski definition) is 1. The third-order valence-corrected chi connectivity index (χ3v) is 5.53. The molecule has 1 N–H and O–H groups in total. The van der Waals surface area contributed by atoms with Crippen molar-refractivity contribution in [2.75, 3.05) is 32.0 Å². The fourth-order valence-electron chi connectivity index (χ4n) is 3.82. The monoisotopic (exact) mass is 430 g/mol. The van der Waals surface area contributed by atoms with Crippen molar-refractivity contribution in [1.29, 1.82) is 0 Å². The SMILES string of the molecule is Cc1ncc(-c2ccc3nnc(NC(=O)N4CCC(N(C)CC(F)F)CC4)cc3c2)o1. The van der Waals surface area contributed by atoms with E-state index < -0.39 is 6.43 Å². The number of nitrogens with zero attached hydrogens (tertiary/aromatic N) is 5. The number of fused-ring (bicyclic) bond motifs is 1. The number of alkyl halides is 2. The predicted octanol–water partition coefficient (Wildman–Crippen LogP) is 3.79. The number of piperidine rings is 1. The van der Waals surface area contributed by atoms with Gasteiger partial charge in [0, 0.05) is 37.0 Å². The molecule has 0 atom stereocenters. The number of anilines is 1. The summed E-state index contributed by atoms with van der Waals surface area (Å²) >= 11 is 0. The molecule has 1 aromatic carbocycles. The van der Waals surface area contributed by atoms with E-state index >= 15 is 0 Å². The Morgan fingerprint density at radius 2 is 2.06 bits per heavy atom.